The normalized spacial score (nSPS) is 12.6. The molecule has 0 saturated heterocycles. The molecule has 2 heterocycles. The monoisotopic (exact) mass is 310 g/mol. The van der Waals surface area contributed by atoms with Gasteiger partial charge in [0, 0.05) is 17.5 Å². The second-order valence-corrected chi connectivity index (χ2v) is 5.86. The third kappa shape index (κ3) is 4.22. The van der Waals surface area contributed by atoms with Crippen molar-refractivity contribution in [3.63, 3.8) is 0 Å². The summed E-state index contributed by atoms with van der Waals surface area (Å²) in [5.41, 5.74) is 1.07. The van der Waals surface area contributed by atoms with Crippen LogP contribution in [0.4, 0.5) is 0 Å². The Labute approximate surface area is 114 Å². The summed E-state index contributed by atoms with van der Waals surface area (Å²) in [6.45, 7) is 3.02. The highest BCUT2D eigenvalue weighted by Crippen LogP contribution is 2.11. The lowest BCUT2D eigenvalue weighted by Crippen LogP contribution is -2.27. The zero-order chi connectivity index (χ0) is 12.1. The molecule has 0 aliphatic rings. The predicted molar refractivity (Wildman–Crippen MR) is 76.3 cm³/mol. The van der Waals surface area contributed by atoms with Crippen LogP contribution in [0.5, 0.6) is 0 Å². The predicted octanol–water partition coefficient (Wildman–Crippen LogP) is 3.63. The van der Waals surface area contributed by atoms with Crippen molar-refractivity contribution in [2.75, 3.05) is 0 Å². The van der Waals surface area contributed by atoms with Gasteiger partial charge in [-0.05, 0) is 52.9 Å². The number of halogens is 1. The van der Waals surface area contributed by atoms with E-state index in [1.165, 1.54) is 4.88 Å². The fraction of sp³-hybridized carbons (Fsp3) is 0.308. The van der Waals surface area contributed by atoms with Crippen molar-refractivity contribution in [2.45, 2.75) is 25.9 Å². The molecule has 2 aromatic heterocycles. The average Bonchev–Trinajstić information content (AvgIpc) is 2.79. The van der Waals surface area contributed by atoms with Crippen molar-refractivity contribution in [3.05, 3.63) is 50.9 Å². The van der Waals surface area contributed by atoms with Crippen molar-refractivity contribution < 1.29 is 0 Å². The summed E-state index contributed by atoms with van der Waals surface area (Å²) >= 11 is 5.19. The summed E-state index contributed by atoms with van der Waals surface area (Å²) in [6.07, 6.45) is 1.08. The van der Waals surface area contributed by atoms with Gasteiger partial charge in [-0.3, -0.25) is 0 Å². The van der Waals surface area contributed by atoms with Gasteiger partial charge in [0.2, 0.25) is 0 Å². The fourth-order valence-electron chi connectivity index (χ4n) is 1.63. The third-order valence-corrected chi connectivity index (χ3v) is 3.83. The molecule has 1 atom stereocenters. The fourth-order valence-corrected chi connectivity index (χ4v) is 2.85. The Kier molecular flexibility index (Phi) is 4.71. The van der Waals surface area contributed by atoms with E-state index >= 15 is 0 Å². The molecule has 2 aromatic rings. The van der Waals surface area contributed by atoms with Gasteiger partial charge in [0.1, 0.15) is 4.60 Å². The van der Waals surface area contributed by atoms with Gasteiger partial charge in [-0.1, -0.05) is 12.1 Å². The lowest BCUT2D eigenvalue weighted by Gasteiger charge is -2.12. The molecule has 0 aliphatic carbocycles. The van der Waals surface area contributed by atoms with Gasteiger partial charge in [-0.15, -0.1) is 11.3 Å². The minimum absolute atomic E-state index is 0.467. The first-order valence-electron chi connectivity index (χ1n) is 5.61. The van der Waals surface area contributed by atoms with Gasteiger partial charge in [0.25, 0.3) is 0 Å². The van der Waals surface area contributed by atoms with Gasteiger partial charge < -0.3 is 5.32 Å². The quantitative estimate of drug-likeness (QED) is 0.853. The van der Waals surface area contributed by atoms with Crippen molar-refractivity contribution >= 4 is 27.3 Å². The molecular formula is C13H15BrN2S. The maximum absolute atomic E-state index is 4.40. The molecule has 4 heteroatoms. The summed E-state index contributed by atoms with van der Waals surface area (Å²) in [6, 6.07) is 10.7. The number of aromatic nitrogens is 1. The standard InChI is InChI=1S/C13H15BrN2S/c1-10(8-12-5-3-7-17-12)15-9-11-4-2-6-13(14)16-11/h2-7,10,15H,8-9H2,1H3. The Balaban J connectivity index is 1.82. The number of hydrogen-bond acceptors (Lipinski definition) is 3. The molecule has 17 heavy (non-hydrogen) atoms. The number of nitrogens with zero attached hydrogens (tertiary/aromatic N) is 1. The number of rotatable bonds is 5. The van der Waals surface area contributed by atoms with Crippen LogP contribution in [0.25, 0.3) is 0 Å². The van der Waals surface area contributed by atoms with Crippen LogP contribution in [0.1, 0.15) is 17.5 Å². The second kappa shape index (κ2) is 6.28. The lowest BCUT2D eigenvalue weighted by atomic mass is 10.2. The zero-order valence-corrected chi connectivity index (χ0v) is 12.1. The molecule has 2 rings (SSSR count). The Morgan fingerprint density at radius 2 is 2.24 bits per heavy atom. The van der Waals surface area contributed by atoms with Crippen LogP contribution in [0, 0.1) is 0 Å². The van der Waals surface area contributed by atoms with Gasteiger partial charge in [0.05, 0.1) is 5.69 Å². The van der Waals surface area contributed by atoms with Gasteiger partial charge in [0.15, 0.2) is 0 Å². The number of nitrogens with one attached hydrogen (secondary N) is 1. The minimum Gasteiger partial charge on any atom is -0.308 e. The maximum Gasteiger partial charge on any atom is 0.106 e. The average molecular weight is 311 g/mol. The molecule has 0 aromatic carbocycles. The minimum atomic E-state index is 0.467. The second-order valence-electron chi connectivity index (χ2n) is 4.02. The van der Waals surface area contributed by atoms with E-state index in [2.05, 4.69) is 50.7 Å². The first-order valence-corrected chi connectivity index (χ1v) is 7.28. The molecule has 0 fully saturated rings. The summed E-state index contributed by atoms with van der Waals surface area (Å²) in [7, 11) is 0. The SMILES string of the molecule is CC(Cc1cccs1)NCc1cccc(Br)n1. The van der Waals surface area contributed by atoms with Crippen LogP contribution >= 0.6 is 27.3 Å². The van der Waals surface area contributed by atoms with Gasteiger partial charge >= 0.3 is 0 Å². The molecule has 1 unspecified atom stereocenters. The smallest absolute Gasteiger partial charge is 0.106 e. The van der Waals surface area contributed by atoms with Gasteiger partial charge in [-0.25, -0.2) is 4.98 Å². The highest BCUT2D eigenvalue weighted by molar-refractivity contribution is 9.10. The molecule has 0 amide bonds. The third-order valence-electron chi connectivity index (χ3n) is 2.49. The highest BCUT2D eigenvalue weighted by atomic mass is 79.9. The molecule has 0 spiro atoms. The largest absolute Gasteiger partial charge is 0.308 e. The van der Waals surface area contributed by atoms with Crippen LogP contribution < -0.4 is 5.32 Å². The lowest BCUT2D eigenvalue weighted by molar-refractivity contribution is 0.542. The molecule has 0 aliphatic heterocycles. The van der Waals surface area contributed by atoms with Crippen LogP contribution in [0.2, 0.25) is 0 Å². The van der Waals surface area contributed by atoms with E-state index in [0.717, 1.165) is 23.3 Å². The summed E-state index contributed by atoms with van der Waals surface area (Å²) in [5, 5.41) is 5.61. The van der Waals surface area contributed by atoms with Crippen molar-refractivity contribution in [1.29, 1.82) is 0 Å². The molecule has 2 nitrogen and oxygen atoms in total. The van der Waals surface area contributed by atoms with Crippen LogP contribution in [0.3, 0.4) is 0 Å². The maximum atomic E-state index is 4.40. The molecule has 0 saturated carbocycles. The van der Waals surface area contributed by atoms with E-state index in [1.54, 1.807) is 0 Å². The Bertz CT molecular complexity index is 456. The Hall–Kier alpha value is -0.710. The van der Waals surface area contributed by atoms with Crippen molar-refractivity contribution in [2.24, 2.45) is 0 Å². The van der Waals surface area contributed by atoms with E-state index < -0.39 is 0 Å². The van der Waals surface area contributed by atoms with E-state index in [-0.39, 0.29) is 0 Å². The Morgan fingerprint density at radius 1 is 1.35 bits per heavy atom. The summed E-state index contributed by atoms with van der Waals surface area (Å²) < 4.78 is 0.891. The van der Waals surface area contributed by atoms with Crippen molar-refractivity contribution in [3.8, 4) is 0 Å². The first kappa shape index (κ1) is 12.7. The summed E-state index contributed by atoms with van der Waals surface area (Å²) in [5.74, 6) is 0. The molecule has 90 valence electrons. The van der Waals surface area contributed by atoms with E-state index in [4.69, 9.17) is 0 Å². The molecule has 1 N–H and O–H groups in total. The Morgan fingerprint density at radius 3 is 2.94 bits per heavy atom. The molecule has 0 bridgehead atoms. The van der Waals surface area contributed by atoms with Crippen LogP contribution in [-0.2, 0) is 13.0 Å². The number of thiophene rings is 1. The molecule has 0 radical (unpaired) electrons. The first-order chi connectivity index (χ1) is 8.24. The number of pyridine rings is 1. The number of hydrogen-bond donors (Lipinski definition) is 1. The van der Waals surface area contributed by atoms with Crippen LogP contribution in [-0.4, -0.2) is 11.0 Å². The van der Waals surface area contributed by atoms with Crippen LogP contribution in [0.15, 0.2) is 40.3 Å². The van der Waals surface area contributed by atoms with Crippen molar-refractivity contribution in [1.82, 2.24) is 10.3 Å². The topological polar surface area (TPSA) is 24.9 Å². The zero-order valence-electron chi connectivity index (χ0n) is 9.69. The van der Waals surface area contributed by atoms with E-state index in [0.29, 0.717) is 6.04 Å². The van der Waals surface area contributed by atoms with E-state index in [9.17, 15) is 0 Å². The molecular weight excluding hydrogens is 296 g/mol. The summed E-state index contributed by atoms with van der Waals surface area (Å²) in [4.78, 5) is 5.82. The highest BCUT2D eigenvalue weighted by Gasteiger charge is 2.04. The van der Waals surface area contributed by atoms with E-state index in [1.807, 2.05) is 29.5 Å². The van der Waals surface area contributed by atoms with Gasteiger partial charge in [-0.2, -0.15) is 0 Å².